The van der Waals surface area contributed by atoms with E-state index in [9.17, 15) is 5.26 Å². The van der Waals surface area contributed by atoms with Crippen LogP contribution in [0.2, 0.25) is 0 Å². The number of pyridine rings is 1. The smallest absolute Gasteiger partial charge is 0.145 e. The van der Waals surface area contributed by atoms with Crippen molar-refractivity contribution in [3.05, 3.63) is 48.4 Å². The van der Waals surface area contributed by atoms with Crippen LogP contribution in [-0.2, 0) is 4.74 Å². The first-order valence-corrected chi connectivity index (χ1v) is 12.6. The standard InChI is InChI=1S/C27H29N7O2/c1-33-9-5-20(6-10-33)34-17-25(31-32-34)19-13-23-24(16-30-27(23)29-15-19)22-4-2-3-18(14-28)26(22)36-21-7-11-35-12-8-21/h2-4,13,15-17,20-21H,5-12H2,1H3,(H,29,30). The van der Waals surface area contributed by atoms with Crippen molar-refractivity contribution >= 4 is 11.0 Å². The molecule has 9 nitrogen and oxygen atoms in total. The number of nitriles is 1. The lowest BCUT2D eigenvalue weighted by atomic mass is 10.0. The molecule has 2 aliphatic heterocycles. The Labute approximate surface area is 209 Å². The Bertz CT molecular complexity index is 1410. The van der Waals surface area contributed by atoms with Crippen LogP contribution in [0.15, 0.2) is 42.9 Å². The lowest BCUT2D eigenvalue weighted by Gasteiger charge is -2.28. The van der Waals surface area contributed by atoms with Crippen LogP contribution >= 0.6 is 0 Å². The first-order chi connectivity index (χ1) is 17.7. The van der Waals surface area contributed by atoms with Crippen molar-refractivity contribution in [1.82, 2.24) is 29.9 Å². The van der Waals surface area contributed by atoms with Crippen LogP contribution in [0.5, 0.6) is 5.75 Å². The normalized spacial score (nSPS) is 17.9. The number of aromatic nitrogens is 5. The predicted molar refractivity (Wildman–Crippen MR) is 135 cm³/mol. The molecule has 0 aliphatic carbocycles. The average molecular weight is 484 g/mol. The number of ether oxygens (including phenoxy) is 2. The van der Waals surface area contributed by atoms with Gasteiger partial charge < -0.3 is 19.4 Å². The molecule has 0 atom stereocenters. The van der Waals surface area contributed by atoms with E-state index in [0.29, 0.717) is 30.6 Å². The Balaban J connectivity index is 1.35. The highest BCUT2D eigenvalue weighted by molar-refractivity contribution is 5.97. The molecule has 9 heteroatoms. The summed E-state index contributed by atoms with van der Waals surface area (Å²) in [5.41, 5.74) is 4.84. The number of hydrogen-bond acceptors (Lipinski definition) is 7. The van der Waals surface area contributed by atoms with E-state index in [4.69, 9.17) is 9.47 Å². The summed E-state index contributed by atoms with van der Waals surface area (Å²) in [5.74, 6) is 0.617. The van der Waals surface area contributed by atoms with Crippen molar-refractivity contribution in [2.75, 3.05) is 33.4 Å². The predicted octanol–water partition coefficient (Wildman–Crippen LogP) is 4.18. The van der Waals surface area contributed by atoms with Gasteiger partial charge in [0.1, 0.15) is 29.3 Å². The first kappa shape index (κ1) is 22.7. The molecule has 0 saturated carbocycles. The highest BCUT2D eigenvalue weighted by Gasteiger charge is 2.23. The number of nitrogens with zero attached hydrogens (tertiary/aromatic N) is 6. The second kappa shape index (κ2) is 9.72. The first-order valence-electron chi connectivity index (χ1n) is 12.6. The molecule has 5 heterocycles. The molecular formula is C27H29N7O2. The summed E-state index contributed by atoms with van der Waals surface area (Å²) in [4.78, 5) is 10.3. The van der Waals surface area contributed by atoms with Crippen LogP contribution in [0.1, 0.15) is 37.3 Å². The molecule has 4 aromatic rings. The second-order valence-electron chi connectivity index (χ2n) is 9.66. The summed E-state index contributed by atoms with van der Waals surface area (Å²) in [5, 5.41) is 19.7. The third-order valence-corrected chi connectivity index (χ3v) is 7.28. The van der Waals surface area contributed by atoms with Crippen LogP contribution < -0.4 is 4.74 Å². The zero-order valence-corrected chi connectivity index (χ0v) is 20.4. The SMILES string of the molecule is CN1CCC(n2cc(-c3cnc4[nH]cc(-c5cccc(C#N)c5OC5CCOCC5)c4c3)nn2)CC1. The number of piperidine rings is 1. The minimum absolute atomic E-state index is 0.0282. The van der Waals surface area contributed by atoms with Gasteiger partial charge >= 0.3 is 0 Å². The molecule has 1 aromatic carbocycles. The fourth-order valence-corrected chi connectivity index (χ4v) is 5.14. The van der Waals surface area contributed by atoms with Crippen LogP contribution in [0.3, 0.4) is 0 Å². The van der Waals surface area contributed by atoms with Gasteiger partial charge in [0, 0.05) is 47.3 Å². The molecule has 0 unspecified atom stereocenters. The van der Waals surface area contributed by atoms with Gasteiger partial charge in [-0.15, -0.1) is 5.10 Å². The number of nitrogens with one attached hydrogen (secondary N) is 1. The maximum Gasteiger partial charge on any atom is 0.145 e. The molecule has 36 heavy (non-hydrogen) atoms. The number of para-hydroxylation sites is 1. The largest absolute Gasteiger partial charge is 0.488 e. The maximum absolute atomic E-state index is 9.81. The van der Waals surface area contributed by atoms with E-state index in [2.05, 4.69) is 44.4 Å². The number of hydrogen-bond donors (Lipinski definition) is 1. The van der Waals surface area contributed by atoms with E-state index < -0.39 is 0 Å². The molecule has 0 bridgehead atoms. The highest BCUT2D eigenvalue weighted by atomic mass is 16.5. The molecule has 2 saturated heterocycles. The van der Waals surface area contributed by atoms with E-state index in [1.807, 2.05) is 35.4 Å². The summed E-state index contributed by atoms with van der Waals surface area (Å²) in [6.45, 7) is 3.49. The van der Waals surface area contributed by atoms with Crippen molar-refractivity contribution < 1.29 is 9.47 Å². The van der Waals surface area contributed by atoms with Crippen LogP contribution in [-0.4, -0.2) is 69.3 Å². The number of likely N-dealkylation sites (tertiary alicyclic amines) is 1. The Kier molecular flexibility index (Phi) is 6.13. The van der Waals surface area contributed by atoms with E-state index in [1.165, 1.54) is 0 Å². The van der Waals surface area contributed by atoms with Gasteiger partial charge in [0.15, 0.2) is 0 Å². The topological polar surface area (TPSA) is 105 Å². The Morgan fingerprint density at radius 3 is 2.78 bits per heavy atom. The number of benzene rings is 1. The summed E-state index contributed by atoms with van der Waals surface area (Å²) < 4.78 is 13.9. The van der Waals surface area contributed by atoms with Crippen molar-refractivity contribution in [2.45, 2.75) is 37.8 Å². The van der Waals surface area contributed by atoms with Gasteiger partial charge in [-0.05, 0) is 45.1 Å². The van der Waals surface area contributed by atoms with E-state index in [0.717, 1.165) is 72.2 Å². The molecule has 3 aromatic heterocycles. The van der Waals surface area contributed by atoms with Gasteiger partial charge in [-0.3, -0.25) is 0 Å². The number of aromatic amines is 1. The van der Waals surface area contributed by atoms with Crippen molar-refractivity contribution in [2.24, 2.45) is 0 Å². The summed E-state index contributed by atoms with van der Waals surface area (Å²) in [6.07, 6.45) is 9.59. The minimum Gasteiger partial charge on any atom is -0.488 e. The summed E-state index contributed by atoms with van der Waals surface area (Å²) in [6, 6.07) is 10.5. The average Bonchev–Trinajstić information content (AvgIpc) is 3.57. The number of fused-ring (bicyclic) bond motifs is 1. The van der Waals surface area contributed by atoms with E-state index >= 15 is 0 Å². The fraction of sp³-hybridized carbons (Fsp3) is 0.407. The van der Waals surface area contributed by atoms with Gasteiger partial charge in [-0.2, -0.15) is 5.26 Å². The molecule has 2 aliphatic rings. The van der Waals surface area contributed by atoms with Crippen molar-refractivity contribution in [3.8, 4) is 34.2 Å². The zero-order chi connectivity index (χ0) is 24.5. The maximum atomic E-state index is 9.81. The number of rotatable bonds is 5. The fourth-order valence-electron chi connectivity index (χ4n) is 5.14. The Morgan fingerprint density at radius 1 is 1.14 bits per heavy atom. The minimum atomic E-state index is 0.0282. The molecule has 0 amide bonds. The second-order valence-corrected chi connectivity index (χ2v) is 9.66. The third-order valence-electron chi connectivity index (χ3n) is 7.28. The van der Waals surface area contributed by atoms with Gasteiger partial charge in [-0.1, -0.05) is 17.3 Å². The molecule has 184 valence electrons. The molecule has 0 radical (unpaired) electrons. The quantitative estimate of drug-likeness (QED) is 0.454. The van der Waals surface area contributed by atoms with Crippen LogP contribution in [0.25, 0.3) is 33.4 Å². The van der Waals surface area contributed by atoms with Gasteiger partial charge in [0.2, 0.25) is 0 Å². The van der Waals surface area contributed by atoms with Crippen molar-refractivity contribution in [1.29, 1.82) is 5.26 Å². The number of H-pyrrole nitrogens is 1. The van der Waals surface area contributed by atoms with Crippen molar-refractivity contribution in [3.63, 3.8) is 0 Å². The van der Waals surface area contributed by atoms with Gasteiger partial charge in [-0.25, -0.2) is 9.67 Å². The van der Waals surface area contributed by atoms with Crippen LogP contribution in [0.4, 0.5) is 0 Å². The highest BCUT2D eigenvalue weighted by Crippen LogP contribution is 2.39. The van der Waals surface area contributed by atoms with Gasteiger partial charge in [0.05, 0.1) is 31.0 Å². The third kappa shape index (κ3) is 4.34. The Hall–Kier alpha value is -3.74. The molecular weight excluding hydrogens is 454 g/mol. The Morgan fingerprint density at radius 2 is 1.97 bits per heavy atom. The zero-order valence-electron chi connectivity index (χ0n) is 20.4. The molecule has 2 fully saturated rings. The lowest BCUT2D eigenvalue weighted by Crippen LogP contribution is -2.31. The van der Waals surface area contributed by atoms with E-state index in [1.54, 1.807) is 6.07 Å². The van der Waals surface area contributed by atoms with E-state index in [-0.39, 0.29) is 6.10 Å². The van der Waals surface area contributed by atoms with Gasteiger partial charge in [0.25, 0.3) is 0 Å². The monoisotopic (exact) mass is 483 g/mol. The van der Waals surface area contributed by atoms with Crippen LogP contribution in [0, 0.1) is 11.3 Å². The lowest BCUT2D eigenvalue weighted by molar-refractivity contribution is 0.0257. The summed E-state index contributed by atoms with van der Waals surface area (Å²) >= 11 is 0. The molecule has 1 N–H and O–H groups in total. The molecule has 0 spiro atoms. The summed E-state index contributed by atoms with van der Waals surface area (Å²) in [7, 11) is 2.16. The molecule has 6 rings (SSSR count).